The molecule has 0 atom stereocenters. The minimum Gasteiger partial charge on any atom is -0.271 e. The molecule has 3 rings (SSSR count). The second kappa shape index (κ2) is 6.00. The van der Waals surface area contributed by atoms with Crippen molar-refractivity contribution in [1.82, 2.24) is 14.8 Å². The third-order valence-electron chi connectivity index (χ3n) is 3.41. The Morgan fingerprint density at radius 3 is 2.86 bits per heavy atom. The summed E-state index contributed by atoms with van der Waals surface area (Å²) in [6.45, 7) is 4.99. The highest BCUT2D eigenvalue weighted by atomic mass is 35.5. The first-order chi connectivity index (χ1) is 10.2. The molecule has 0 amide bonds. The highest BCUT2D eigenvalue weighted by Gasteiger charge is 2.04. The molecule has 2 heterocycles. The van der Waals surface area contributed by atoms with Gasteiger partial charge in [0.05, 0.1) is 23.0 Å². The van der Waals surface area contributed by atoms with E-state index in [1.54, 1.807) is 11.3 Å². The minimum absolute atomic E-state index is 0.571. The van der Waals surface area contributed by atoms with Gasteiger partial charge in [-0.3, -0.25) is 4.68 Å². The van der Waals surface area contributed by atoms with Crippen molar-refractivity contribution in [3.63, 3.8) is 0 Å². The molecule has 0 saturated heterocycles. The Balaban J connectivity index is 1.84. The van der Waals surface area contributed by atoms with E-state index in [1.807, 2.05) is 29.2 Å². The van der Waals surface area contributed by atoms with Crippen LogP contribution in [0.25, 0.3) is 22.4 Å². The molecule has 2 aromatic heterocycles. The zero-order chi connectivity index (χ0) is 14.8. The molecule has 5 heteroatoms. The van der Waals surface area contributed by atoms with Gasteiger partial charge in [0.2, 0.25) is 0 Å². The molecule has 0 aliphatic rings. The molecule has 3 nitrogen and oxygen atoms in total. The van der Waals surface area contributed by atoms with Crippen molar-refractivity contribution in [3.8, 4) is 0 Å². The van der Waals surface area contributed by atoms with Gasteiger partial charge < -0.3 is 0 Å². The van der Waals surface area contributed by atoms with E-state index in [0.717, 1.165) is 22.6 Å². The first-order valence-electron chi connectivity index (χ1n) is 6.80. The van der Waals surface area contributed by atoms with Gasteiger partial charge >= 0.3 is 0 Å². The van der Waals surface area contributed by atoms with Crippen molar-refractivity contribution >= 4 is 45.3 Å². The largest absolute Gasteiger partial charge is 0.271 e. The monoisotopic (exact) mass is 317 g/mol. The molecule has 0 fully saturated rings. The Morgan fingerprint density at radius 2 is 2.05 bits per heavy atom. The molecule has 108 valence electrons. The summed E-state index contributed by atoms with van der Waals surface area (Å²) in [5, 5.41) is 5.26. The highest BCUT2D eigenvalue weighted by Crippen LogP contribution is 2.26. The van der Waals surface area contributed by atoms with Crippen LogP contribution >= 0.6 is 22.9 Å². The van der Waals surface area contributed by atoms with E-state index in [0.29, 0.717) is 5.88 Å². The van der Waals surface area contributed by atoms with Crippen LogP contribution in [-0.2, 0) is 6.54 Å². The first kappa shape index (κ1) is 14.3. The van der Waals surface area contributed by atoms with Crippen molar-refractivity contribution in [1.29, 1.82) is 0 Å². The van der Waals surface area contributed by atoms with Crippen LogP contribution < -0.4 is 0 Å². The lowest BCUT2D eigenvalue weighted by molar-refractivity contribution is 0.664. The zero-order valence-electron chi connectivity index (χ0n) is 12.0. The maximum Gasteiger partial charge on any atom is 0.117 e. The highest BCUT2D eigenvalue weighted by molar-refractivity contribution is 7.19. The average molecular weight is 318 g/mol. The summed E-state index contributed by atoms with van der Waals surface area (Å²) >= 11 is 7.41. The van der Waals surface area contributed by atoms with E-state index in [2.05, 4.69) is 36.1 Å². The molecule has 0 saturated carbocycles. The maximum absolute atomic E-state index is 5.70. The first-order valence-corrected chi connectivity index (χ1v) is 8.15. The number of fused-ring (bicyclic) bond motifs is 1. The van der Waals surface area contributed by atoms with Gasteiger partial charge in [-0.25, -0.2) is 4.98 Å². The fraction of sp³-hybridized carbons (Fsp3) is 0.250. The Bertz CT molecular complexity index is 762. The minimum atomic E-state index is 0.571. The summed E-state index contributed by atoms with van der Waals surface area (Å²) < 4.78 is 3.08. The number of halogens is 1. The lowest BCUT2D eigenvalue weighted by atomic mass is 10.1. The van der Waals surface area contributed by atoms with E-state index in [1.165, 1.54) is 15.8 Å². The van der Waals surface area contributed by atoms with Crippen LogP contribution in [0.5, 0.6) is 0 Å². The lowest BCUT2D eigenvalue weighted by Crippen LogP contribution is -1.98. The summed E-state index contributed by atoms with van der Waals surface area (Å²) in [4.78, 5) is 4.66. The van der Waals surface area contributed by atoms with Crippen LogP contribution in [0.4, 0.5) is 0 Å². The van der Waals surface area contributed by atoms with Crippen molar-refractivity contribution in [3.05, 3.63) is 46.2 Å². The topological polar surface area (TPSA) is 30.7 Å². The van der Waals surface area contributed by atoms with Crippen molar-refractivity contribution in [2.75, 3.05) is 5.88 Å². The van der Waals surface area contributed by atoms with Gasteiger partial charge in [0, 0.05) is 17.6 Å². The van der Waals surface area contributed by atoms with Crippen molar-refractivity contribution in [2.45, 2.75) is 20.4 Å². The van der Waals surface area contributed by atoms with E-state index in [-0.39, 0.29) is 0 Å². The van der Waals surface area contributed by atoms with Gasteiger partial charge in [-0.15, -0.1) is 22.9 Å². The second-order valence-electron chi connectivity index (χ2n) is 5.02. The van der Waals surface area contributed by atoms with E-state index < -0.39 is 0 Å². The molecule has 3 aromatic rings. The fourth-order valence-corrected chi connectivity index (χ4v) is 3.23. The third-order valence-corrected chi connectivity index (χ3v) is 4.56. The number of nitrogens with zero attached hydrogens (tertiary/aromatic N) is 3. The fourth-order valence-electron chi connectivity index (χ4n) is 2.11. The Hall–Kier alpha value is -1.65. The predicted molar refractivity (Wildman–Crippen MR) is 91.0 cm³/mol. The summed E-state index contributed by atoms with van der Waals surface area (Å²) in [6, 6.07) is 4.36. The summed E-state index contributed by atoms with van der Waals surface area (Å²) in [5.74, 6) is 0.571. The Kier molecular flexibility index (Phi) is 4.08. The summed E-state index contributed by atoms with van der Waals surface area (Å²) in [6.07, 6.45) is 7.90. The third kappa shape index (κ3) is 3.17. The van der Waals surface area contributed by atoms with Gasteiger partial charge in [-0.1, -0.05) is 0 Å². The average Bonchev–Trinajstić information content (AvgIpc) is 3.04. The van der Waals surface area contributed by atoms with Gasteiger partial charge in [-0.2, -0.15) is 5.10 Å². The number of rotatable bonds is 4. The van der Waals surface area contributed by atoms with E-state index in [9.17, 15) is 0 Å². The number of benzene rings is 1. The molecule has 0 spiro atoms. The Morgan fingerprint density at radius 1 is 1.24 bits per heavy atom. The molecule has 0 N–H and O–H groups in total. The van der Waals surface area contributed by atoms with E-state index in [4.69, 9.17) is 11.6 Å². The second-order valence-corrected chi connectivity index (χ2v) is 6.46. The number of hydrogen-bond donors (Lipinski definition) is 0. The molecule has 0 aliphatic carbocycles. The molecular formula is C16H16ClN3S. The van der Waals surface area contributed by atoms with Gasteiger partial charge in [-0.05, 0) is 49.3 Å². The summed E-state index contributed by atoms with van der Waals surface area (Å²) in [7, 11) is 0. The lowest BCUT2D eigenvalue weighted by Gasteiger charge is -1.96. The molecule has 21 heavy (non-hydrogen) atoms. The predicted octanol–water partition coefficient (Wildman–Crippen LogP) is 4.52. The SMILES string of the molecule is Cc1cc2nc(/C=C/c3cnn(CCCl)c3)sc2cc1C. The normalized spacial score (nSPS) is 11.8. The van der Waals surface area contributed by atoms with Gasteiger partial charge in [0.1, 0.15) is 5.01 Å². The van der Waals surface area contributed by atoms with Crippen LogP contribution in [0, 0.1) is 13.8 Å². The zero-order valence-corrected chi connectivity index (χ0v) is 13.6. The molecule has 0 unspecified atom stereocenters. The van der Waals surface area contributed by atoms with Crippen molar-refractivity contribution in [2.24, 2.45) is 0 Å². The van der Waals surface area contributed by atoms with Crippen molar-refractivity contribution < 1.29 is 0 Å². The molecule has 0 bridgehead atoms. The number of alkyl halides is 1. The van der Waals surface area contributed by atoms with Crippen LogP contribution in [0.1, 0.15) is 21.7 Å². The van der Waals surface area contributed by atoms with Gasteiger partial charge in [0.25, 0.3) is 0 Å². The molecule has 0 aliphatic heterocycles. The van der Waals surface area contributed by atoms with Crippen LogP contribution in [-0.4, -0.2) is 20.6 Å². The summed E-state index contributed by atoms with van der Waals surface area (Å²) in [5.41, 5.74) is 4.72. The molecule has 0 radical (unpaired) electrons. The standard InChI is InChI=1S/C16H16ClN3S/c1-11-7-14-15(8-12(11)2)21-16(19-14)4-3-13-9-18-20(10-13)6-5-17/h3-4,7-10H,5-6H2,1-2H3/b4-3+. The van der Waals surface area contributed by atoms with Crippen LogP contribution in [0.3, 0.4) is 0 Å². The number of hydrogen-bond acceptors (Lipinski definition) is 3. The quantitative estimate of drug-likeness (QED) is 0.662. The number of aromatic nitrogens is 3. The van der Waals surface area contributed by atoms with Crippen LogP contribution in [0.15, 0.2) is 24.5 Å². The number of aryl methyl sites for hydroxylation is 3. The maximum atomic E-state index is 5.70. The number of thiazole rings is 1. The molecular weight excluding hydrogens is 302 g/mol. The molecule has 1 aromatic carbocycles. The Labute approximate surface area is 132 Å². The smallest absolute Gasteiger partial charge is 0.117 e. The van der Waals surface area contributed by atoms with Gasteiger partial charge in [0.15, 0.2) is 0 Å². The van der Waals surface area contributed by atoms with Crippen LogP contribution in [0.2, 0.25) is 0 Å². The van der Waals surface area contributed by atoms with E-state index >= 15 is 0 Å².